The average molecular weight is 899 g/mol. The van der Waals surface area contributed by atoms with Gasteiger partial charge in [0.1, 0.15) is 13.2 Å². The minimum Gasteiger partial charge on any atom is -0.462 e. The number of rotatable bonds is 45. The van der Waals surface area contributed by atoms with Crippen LogP contribution in [0, 0.1) is 0 Å². The number of carbonyl (C=O) groups is 3. The summed E-state index contributed by atoms with van der Waals surface area (Å²) in [7, 11) is 0. The number of carbonyl (C=O) groups excluding carboxylic acids is 3. The molecule has 1 atom stereocenters. The number of allylic oxidation sites excluding steroid dienone is 20. The molecule has 0 spiro atoms. The summed E-state index contributed by atoms with van der Waals surface area (Å²) in [5.41, 5.74) is 0. The molecule has 0 N–H and O–H groups in total. The molecule has 0 heterocycles. The van der Waals surface area contributed by atoms with E-state index in [0.717, 1.165) is 77.0 Å². The van der Waals surface area contributed by atoms with Crippen molar-refractivity contribution in [3.63, 3.8) is 0 Å². The van der Waals surface area contributed by atoms with Crippen molar-refractivity contribution in [2.75, 3.05) is 13.2 Å². The zero-order valence-electron chi connectivity index (χ0n) is 41.7. The minimum absolute atomic E-state index is 0.134. The Morgan fingerprint density at radius 2 is 0.554 bits per heavy atom. The zero-order valence-corrected chi connectivity index (χ0v) is 41.7. The molecule has 6 heteroatoms. The van der Waals surface area contributed by atoms with Crippen LogP contribution >= 0.6 is 0 Å². The molecule has 0 aliphatic carbocycles. The highest BCUT2D eigenvalue weighted by Crippen LogP contribution is 2.10. The maximum absolute atomic E-state index is 12.8. The van der Waals surface area contributed by atoms with Gasteiger partial charge in [-0.15, -0.1) is 0 Å². The van der Waals surface area contributed by atoms with Crippen LogP contribution in [0.2, 0.25) is 0 Å². The van der Waals surface area contributed by atoms with Crippen molar-refractivity contribution in [2.45, 2.75) is 219 Å². The van der Waals surface area contributed by atoms with Crippen molar-refractivity contribution in [2.24, 2.45) is 0 Å². The van der Waals surface area contributed by atoms with Gasteiger partial charge in [0.05, 0.1) is 0 Å². The number of esters is 3. The quantitative estimate of drug-likeness (QED) is 0.0262. The molecular weight excluding hydrogens is 805 g/mol. The lowest BCUT2D eigenvalue weighted by atomic mass is 10.1. The molecule has 65 heavy (non-hydrogen) atoms. The van der Waals surface area contributed by atoms with Crippen LogP contribution in [0.4, 0.5) is 0 Å². The molecule has 0 fully saturated rings. The molecule has 0 radical (unpaired) electrons. The predicted molar refractivity (Wildman–Crippen MR) is 279 cm³/mol. The third kappa shape index (κ3) is 50.7. The molecular formula is C59H94O6. The van der Waals surface area contributed by atoms with E-state index < -0.39 is 6.10 Å². The summed E-state index contributed by atoms with van der Waals surface area (Å²) in [5, 5.41) is 0. The summed E-state index contributed by atoms with van der Waals surface area (Å²) in [6.45, 7) is 6.42. The van der Waals surface area contributed by atoms with E-state index in [4.69, 9.17) is 14.2 Å². The molecule has 6 nitrogen and oxygen atoms in total. The molecule has 0 saturated carbocycles. The van der Waals surface area contributed by atoms with Gasteiger partial charge in [0.2, 0.25) is 0 Å². The first-order valence-electron chi connectivity index (χ1n) is 26.0. The summed E-state index contributed by atoms with van der Waals surface area (Å²) in [6.07, 6.45) is 71.9. The molecule has 0 amide bonds. The van der Waals surface area contributed by atoms with E-state index in [9.17, 15) is 14.4 Å². The van der Waals surface area contributed by atoms with E-state index in [1.54, 1.807) is 0 Å². The topological polar surface area (TPSA) is 78.9 Å². The third-order valence-corrected chi connectivity index (χ3v) is 10.4. The number of ether oxygens (including phenoxy) is 3. The van der Waals surface area contributed by atoms with Crippen molar-refractivity contribution in [1.29, 1.82) is 0 Å². The lowest BCUT2D eigenvalue weighted by Gasteiger charge is -2.18. The van der Waals surface area contributed by atoms with Gasteiger partial charge < -0.3 is 14.2 Å². The molecule has 0 aromatic rings. The van der Waals surface area contributed by atoms with Gasteiger partial charge in [-0.05, 0) is 135 Å². The molecule has 366 valence electrons. The van der Waals surface area contributed by atoms with E-state index in [0.29, 0.717) is 19.3 Å². The summed E-state index contributed by atoms with van der Waals surface area (Å²) < 4.78 is 16.7. The second-order valence-corrected chi connectivity index (χ2v) is 16.7. The summed E-state index contributed by atoms with van der Waals surface area (Å²) >= 11 is 0. The first-order valence-corrected chi connectivity index (χ1v) is 26.0. The van der Waals surface area contributed by atoms with Crippen LogP contribution in [0.5, 0.6) is 0 Å². The highest BCUT2D eigenvalue weighted by atomic mass is 16.6. The van der Waals surface area contributed by atoms with E-state index in [1.165, 1.54) is 77.0 Å². The van der Waals surface area contributed by atoms with Crippen LogP contribution in [-0.4, -0.2) is 37.2 Å². The average Bonchev–Trinajstić information content (AvgIpc) is 3.30. The fourth-order valence-electron chi connectivity index (χ4n) is 6.45. The Labute approximate surface area is 399 Å². The molecule has 0 bridgehead atoms. The maximum atomic E-state index is 12.8. The Kier molecular flexibility index (Phi) is 49.1. The van der Waals surface area contributed by atoms with E-state index in [-0.39, 0.29) is 50.4 Å². The van der Waals surface area contributed by atoms with Crippen LogP contribution in [0.25, 0.3) is 0 Å². The minimum atomic E-state index is -0.839. The van der Waals surface area contributed by atoms with Crippen LogP contribution < -0.4 is 0 Å². The smallest absolute Gasteiger partial charge is 0.306 e. The van der Waals surface area contributed by atoms with Gasteiger partial charge in [0.15, 0.2) is 6.10 Å². The monoisotopic (exact) mass is 899 g/mol. The van der Waals surface area contributed by atoms with Crippen molar-refractivity contribution < 1.29 is 28.6 Å². The third-order valence-electron chi connectivity index (χ3n) is 10.4. The fraction of sp³-hybridized carbons (Fsp3) is 0.610. The van der Waals surface area contributed by atoms with Gasteiger partial charge in [-0.1, -0.05) is 181 Å². The number of unbranched alkanes of at least 4 members (excludes halogenated alkanes) is 14. The van der Waals surface area contributed by atoms with E-state index >= 15 is 0 Å². The van der Waals surface area contributed by atoms with Gasteiger partial charge in [-0.25, -0.2) is 0 Å². The van der Waals surface area contributed by atoms with Crippen molar-refractivity contribution in [3.05, 3.63) is 122 Å². The van der Waals surface area contributed by atoms with Crippen LogP contribution in [0.15, 0.2) is 122 Å². The van der Waals surface area contributed by atoms with E-state index in [2.05, 4.69) is 142 Å². The molecule has 0 unspecified atom stereocenters. The molecule has 0 saturated heterocycles. The van der Waals surface area contributed by atoms with Crippen LogP contribution in [-0.2, 0) is 28.6 Å². The second-order valence-electron chi connectivity index (χ2n) is 16.7. The van der Waals surface area contributed by atoms with Gasteiger partial charge in [-0.2, -0.15) is 0 Å². The summed E-state index contributed by atoms with van der Waals surface area (Å²) in [6, 6.07) is 0. The molecule has 0 aliphatic rings. The van der Waals surface area contributed by atoms with Crippen LogP contribution in [0.1, 0.15) is 213 Å². The number of hydrogen-bond acceptors (Lipinski definition) is 6. The van der Waals surface area contributed by atoms with Gasteiger partial charge in [-0.3, -0.25) is 14.4 Å². The Hall–Kier alpha value is -4.19. The van der Waals surface area contributed by atoms with Gasteiger partial charge >= 0.3 is 17.9 Å². The molecule has 0 aliphatic heterocycles. The highest BCUT2D eigenvalue weighted by Gasteiger charge is 2.19. The predicted octanol–water partition coefficient (Wildman–Crippen LogP) is 17.3. The van der Waals surface area contributed by atoms with Crippen molar-refractivity contribution in [3.8, 4) is 0 Å². The Morgan fingerprint density at radius 1 is 0.308 bits per heavy atom. The van der Waals surface area contributed by atoms with Crippen molar-refractivity contribution >= 4 is 17.9 Å². The van der Waals surface area contributed by atoms with E-state index in [1.807, 2.05) is 0 Å². The Bertz CT molecular complexity index is 1400. The molecule has 0 aromatic heterocycles. The lowest BCUT2D eigenvalue weighted by molar-refractivity contribution is -0.167. The summed E-state index contributed by atoms with van der Waals surface area (Å²) in [5.74, 6) is -1.07. The SMILES string of the molecule is CCCCC/C=C\C/C=C\C/C=C\C/C=C\CCCC(=O)OC[C@@H](COC(=O)CCCC/C=C\C/C=C\C/C=C\CCCCC)OC(=O)CCCC/C=C\C/C=C\C/C=C\CCCCC. The fourth-order valence-corrected chi connectivity index (χ4v) is 6.45. The Balaban J connectivity index is 4.62. The lowest BCUT2D eigenvalue weighted by Crippen LogP contribution is -2.30. The zero-order chi connectivity index (χ0) is 47.2. The normalized spacial score (nSPS) is 13.1. The maximum Gasteiger partial charge on any atom is 0.306 e. The first kappa shape index (κ1) is 60.8. The van der Waals surface area contributed by atoms with Gasteiger partial charge in [0.25, 0.3) is 0 Å². The molecule has 0 aromatic carbocycles. The first-order chi connectivity index (χ1) is 32.0. The molecule has 0 rings (SSSR count). The standard InChI is InChI=1S/C59H94O6/c1-4-7-10-13-16-19-22-25-28-29-32-34-37-40-43-46-49-52-58(61)64-55-56(65-59(62)53-50-47-44-41-38-35-31-27-24-21-18-15-12-9-6-3)54-63-57(60)51-48-45-42-39-36-33-30-26-23-20-17-14-11-8-5-2/h16-21,25-28,30-32,34,36,38-41,43,56H,4-15,22-24,29,33,35,37,42,44-55H2,1-3H3/b19-16-,20-17-,21-18-,28-25-,30-26-,31-27-,34-32-,39-36-,41-38-,43-40-/t56-/m1/s1. The highest BCUT2D eigenvalue weighted by molar-refractivity contribution is 5.71. The van der Waals surface area contributed by atoms with Gasteiger partial charge in [0, 0.05) is 19.3 Å². The van der Waals surface area contributed by atoms with Crippen LogP contribution in [0.3, 0.4) is 0 Å². The summed E-state index contributed by atoms with van der Waals surface area (Å²) in [4.78, 5) is 38.0. The number of hydrogen-bond donors (Lipinski definition) is 0. The second kappa shape index (κ2) is 52.4. The Morgan fingerprint density at radius 3 is 0.862 bits per heavy atom. The van der Waals surface area contributed by atoms with Crippen molar-refractivity contribution in [1.82, 2.24) is 0 Å². The largest absolute Gasteiger partial charge is 0.462 e.